The third kappa shape index (κ3) is 5.82. The van der Waals surface area contributed by atoms with Crippen LogP contribution in [0.3, 0.4) is 0 Å². The van der Waals surface area contributed by atoms with Crippen LogP contribution in [0.4, 0.5) is 17.1 Å². The number of rotatable bonds is 7. The van der Waals surface area contributed by atoms with Gasteiger partial charge in [-0.2, -0.15) is 0 Å². The number of anilines is 3. The number of nitrogens with zero attached hydrogens (tertiary/aromatic N) is 2. The Morgan fingerprint density at radius 2 is 1.02 bits per heavy atom. The molecule has 59 heavy (non-hydrogen) atoms. The quantitative estimate of drug-likeness (QED) is 0.161. The molecule has 0 N–H and O–H groups in total. The standard InChI is InChI=1S/C56H40N2O/c1-37-34-42(30-31-44(37)40-19-7-4-8-20-40)57(51-32-29-41(33-38(51)2)39-17-5-3-6-18-39)43-35-49(56-50(36-43)48-24-12-16-28-55(48)59-56)47-23-11-15-27-54(47)58-52-25-13-9-21-45(52)46-22-10-14-26-53(46)58/h3-36H,1-2H3. The van der Waals surface area contributed by atoms with Crippen molar-refractivity contribution in [1.82, 2.24) is 4.57 Å². The van der Waals surface area contributed by atoms with Gasteiger partial charge in [-0.05, 0) is 108 Å². The summed E-state index contributed by atoms with van der Waals surface area (Å²) in [6, 6.07) is 74.3. The average Bonchev–Trinajstić information content (AvgIpc) is 3.83. The zero-order valence-corrected chi connectivity index (χ0v) is 32.9. The van der Waals surface area contributed by atoms with Gasteiger partial charge in [0, 0.05) is 49.7 Å². The van der Waals surface area contributed by atoms with Crippen LogP contribution in [0.5, 0.6) is 0 Å². The predicted octanol–water partition coefficient (Wildman–Crippen LogP) is 15.8. The Labute approximate surface area is 343 Å². The van der Waals surface area contributed by atoms with E-state index in [2.05, 4.69) is 230 Å². The molecule has 11 rings (SSSR count). The molecule has 2 heterocycles. The number of hydrogen-bond donors (Lipinski definition) is 0. The van der Waals surface area contributed by atoms with Crippen LogP contribution >= 0.6 is 0 Å². The summed E-state index contributed by atoms with van der Waals surface area (Å²) in [4.78, 5) is 2.43. The molecule has 9 aromatic carbocycles. The summed E-state index contributed by atoms with van der Waals surface area (Å²) in [5.41, 5.74) is 17.8. The minimum Gasteiger partial charge on any atom is -0.455 e. The van der Waals surface area contributed by atoms with Crippen LogP contribution in [-0.2, 0) is 0 Å². The fourth-order valence-electron chi connectivity index (χ4n) is 9.09. The molecule has 0 atom stereocenters. The van der Waals surface area contributed by atoms with E-state index >= 15 is 0 Å². The highest BCUT2D eigenvalue weighted by Gasteiger charge is 2.24. The van der Waals surface area contributed by atoms with E-state index in [1.165, 1.54) is 55.2 Å². The summed E-state index contributed by atoms with van der Waals surface area (Å²) >= 11 is 0. The van der Waals surface area contributed by atoms with Crippen molar-refractivity contribution in [3.8, 4) is 39.1 Å². The Morgan fingerprint density at radius 3 is 1.73 bits per heavy atom. The van der Waals surface area contributed by atoms with E-state index in [0.717, 1.165) is 55.8 Å². The van der Waals surface area contributed by atoms with Crippen LogP contribution in [0.1, 0.15) is 11.1 Å². The molecule has 0 amide bonds. The second-order valence-corrected chi connectivity index (χ2v) is 15.4. The molecule has 0 spiro atoms. The van der Waals surface area contributed by atoms with Crippen molar-refractivity contribution in [2.75, 3.05) is 4.90 Å². The van der Waals surface area contributed by atoms with Gasteiger partial charge in [0.1, 0.15) is 11.2 Å². The lowest BCUT2D eigenvalue weighted by atomic mass is 9.96. The van der Waals surface area contributed by atoms with E-state index in [1.807, 2.05) is 0 Å². The van der Waals surface area contributed by atoms with E-state index in [9.17, 15) is 0 Å². The van der Waals surface area contributed by atoms with Gasteiger partial charge in [-0.25, -0.2) is 0 Å². The molecule has 0 aliphatic heterocycles. The van der Waals surface area contributed by atoms with E-state index in [1.54, 1.807) is 0 Å². The monoisotopic (exact) mass is 756 g/mol. The third-order valence-corrected chi connectivity index (χ3v) is 11.8. The molecular formula is C56H40N2O. The molecule has 0 unspecified atom stereocenters. The number of fused-ring (bicyclic) bond motifs is 6. The van der Waals surface area contributed by atoms with Crippen LogP contribution in [0.25, 0.3) is 82.8 Å². The fraction of sp³-hybridized carbons (Fsp3) is 0.0357. The summed E-state index contributed by atoms with van der Waals surface area (Å²) in [6.45, 7) is 4.44. The number of benzene rings is 9. The molecule has 0 aliphatic carbocycles. The lowest BCUT2D eigenvalue weighted by molar-refractivity contribution is 0.670. The SMILES string of the molecule is Cc1cc(N(c2cc(-c3ccccc3-n3c4ccccc4c4ccccc43)c3oc4ccccc4c3c2)c2ccc(-c3ccccc3)cc2C)ccc1-c1ccccc1. The number of para-hydroxylation sites is 4. The number of hydrogen-bond acceptors (Lipinski definition) is 2. The van der Waals surface area contributed by atoms with Gasteiger partial charge in [-0.3, -0.25) is 0 Å². The Bertz CT molecular complexity index is 3300. The molecule has 0 aliphatic rings. The second kappa shape index (κ2) is 14.1. The molecule has 0 bridgehead atoms. The zero-order chi connectivity index (χ0) is 39.5. The molecule has 3 nitrogen and oxygen atoms in total. The van der Waals surface area contributed by atoms with Crippen LogP contribution in [-0.4, -0.2) is 4.57 Å². The van der Waals surface area contributed by atoms with Gasteiger partial charge < -0.3 is 13.9 Å². The maximum absolute atomic E-state index is 6.88. The molecule has 0 saturated heterocycles. The smallest absolute Gasteiger partial charge is 0.143 e. The lowest BCUT2D eigenvalue weighted by Gasteiger charge is -2.29. The number of aryl methyl sites for hydroxylation is 2. The molecule has 3 heteroatoms. The van der Waals surface area contributed by atoms with Crippen LogP contribution < -0.4 is 4.90 Å². The van der Waals surface area contributed by atoms with Crippen LogP contribution in [0, 0.1) is 13.8 Å². The van der Waals surface area contributed by atoms with E-state index < -0.39 is 0 Å². The first-order chi connectivity index (χ1) is 29.1. The van der Waals surface area contributed by atoms with Gasteiger partial charge in [-0.15, -0.1) is 0 Å². The topological polar surface area (TPSA) is 21.3 Å². The fourth-order valence-corrected chi connectivity index (χ4v) is 9.09. The first-order valence-electron chi connectivity index (χ1n) is 20.3. The summed E-state index contributed by atoms with van der Waals surface area (Å²) < 4.78 is 9.29. The maximum atomic E-state index is 6.88. The van der Waals surface area contributed by atoms with Gasteiger partial charge in [0.05, 0.1) is 16.7 Å². The normalized spacial score (nSPS) is 11.6. The molecule has 2 aromatic heterocycles. The lowest BCUT2D eigenvalue weighted by Crippen LogP contribution is -2.12. The van der Waals surface area contributed by atoms with Crippen molar-refractivity contribution in [3.05, 3.63) is 217 Å². The van der Waals surface area contributed by atoms with Crippen molar-refractivity contribution in [2.45, 2.75) is 13.8 Å². The summed E-state index contributed by atoms with van der Waals surface area (Å²) in [5.74, 6) is 0. The first-order valence-corrected chi connectivity index (χ1v) is 20.3. The largest absolute Gasteiger partial charge is 0.455 e. The van der Waals surface area contributed by atoms with Gasteiger partial charge in [0.15, 0.2) is 0 Å². The number of furan rings is 1. The highest BCUT2D eigenvalue weighted by molar-refractivity contribution is 6.14. The first kappa shape index (κ1) is 34.6. The van der Waals surface area contributed by atoms with Crippen LogP contribution in [0.15, 0.2) is 211 Å². The van der Waals surface area contributed by atoms with Crippen molar-refractivity contribution in [3.63, 3.8) is 0 Å². The Hall–Kier alpha value is -7.62. The summed E-state index contributed by atoms with van der Waals surface area (Å²) in [6.07, 6.45) is 0. The molecule has 11 aromatic rings. The number of aromatic nitrogens is 1. The second-order valence-electron chi connectivity index (χ2n) is 15.4. The highest BCUT2D eigenvalue weighted by atomic mass is 16.3. The van der Waals surface area contributed by atoms with Gasteiger partial charge in [0.25, 0.3) is 0 Å². The molecule has 280 valence electrons. The molecule has 0 radical (unpaired) electrons. The van der Waals surface area contributed by atoms with Crippen molar-refractivity contribution >= 4 is 60.8 Å². The zero-order valence-electron chi connectivity index (χ0n) is 32.9. The van der Waals surface area contributed by atoms with Crippen LogP contribution in [0.2, 0.25) is 0 Å². The Balaban J connectivity index is 1.19. The Kier molecular flexibility index (Phi) is 8.27. The predicted molar refractivity (Wildman–Crippen MR) is 249 cm³/mol. The van der Waals surface area contributed by atoms with Gasteiger partial charge >= 0.3 is 0 Å². The minimum absolute atomic E-state index is 0.869. The summed E-state index contributed by atoms with van der Waals surface area (Å²) in [7, 11) is 0. The minimum atomic E-state index is 0.869. The highest BCUT2D eigenvalue weighted by Crippen LogP contribution is 2.47. The van der Waals surface area contributed by atoms with Crippen molar-refractivity contribution in [2.24, 2.45) is 0 Å². The molecular weight excluding hydrogens is 717 g/mol. The van der Waals surface area contributed by atoms with Gasteiger partial charge in [-0.1, -0.05) is 146 Å². The van der Waals surface area contributed by atoms with E-state index in [-0.39, 0.29) is 0 Å². The summed E-state index contributed by atoms with van der Waals surface area (Å²) in [5, 5.41) is 4.63. The third-order valence-electron chi connectivity index (χ3n) is 11.8. The Morgan fingerprint density at radius 1 is 0.390 bits per heavy atom. The van der Waals surface area contributed by atoms with Gasteiger partial charge in [0.2, 0.25) is 0 Å². The van der Waals surface area contributed by atoms with E-state index in [0.29, 0.717) is 0 Å². The van der Waals surface area contributed by atoms with Crippen molar-refractivity contribution in [1.29, 1.82) is 0 Å². The average molecular weight is 757 g/mol. The molecule has 0 saturated carbocycles. The van der Waals surface area contributed by atoms with E-state index in [4.69, 9.17) is 4.42 Å². The molecule has 0 fully saturated rings. The van der Waals surface area contributed by atoms with Crippen molar-refractivity contribution < 1.29 is 4.42 Å². The maximum Gasteiger partial charge on any atom is 0.143 e.